The summed E-state index contributed by atoms with van der Waals surface area (Å²) in [6.07, 6.45) is -0.541. The molecule has 2 N–H and O–H groups in total. The first kappa shape index (κ1) is 13.4. The summed E-state index contributed by atoms with van der Waals surface area (Å²) in [5, 5.41) is 10.6. The first-order valence-corrected chi connectivity index (χ1v) is 6.38. The molecule has 2 aromatic rings. The predicted octanol–water partition coefficient (Wildman–Crippen LogP) is 3.57. The van der Waals surface area contributed by atoms with E-state index in [1.54, 1.807) is 6.92 Å². The number of nitrogens with zero attached hydrogens (tertiary/aromatic N) is 1. The summed E-state index contributed by atoms with van der Waals surface area (Å²) in [6, 6.07) is 5.53. The van der Waals surface area contributed by atoms with Gasteiger partial charge >= 0.3 is 0 Å². The average molecular weight is 266 g/mol. The molecular weight excluding hydrogens is 248 g/mol. The summed E-state index contributed by atoms with van der Waals surface area (Å²) >= 11 is 5.96. The molecule has 97 valence electrons. The summed E-state index contributed by atoms with van der Waals surface area (Å²) in [5.74, 6) is 1.63. The van der Waals surface area contributed by atoms with Crippen LogP contribution in [0.25, 0.3) is 11.0 Å². The molecule has 0 aliphatic rings. The quantitative estimate of drug-likeness (QED) is 0.872. The number of imidazole rings is 1. The number of aliphatic hydroxyl groups is 1. The maximum atomic E-state index is 9.96. The largest absolute Gasteiger partial charge is 0.392 e. The van der Waals surface area contributed by atoms with Crippen molar-refractivity contribution in [2.75, 3.05) is 0 Å². The molecule has 4 heteroatoms. The van der Waals surface area contributed by atoms with Crippen molar-refractivity contribution < 1.29 is 5.11 Å². The molecule has 0 fully saturated rings. The van der Waals surface area contributed by atoms with E-state index in [4.69, 9.17) is 11.6 Å². The molecule has 1 radical (unpaired) electrons. The second-order valence-electron chi connectivity index (χ2n) is 5.59. The minimum absolute atomic E-state index is 0.147. The summed E-state index contributed by atoms with van der Waals surface area (Å²) in [4.78, 5) is 7.76. The molecule has 18 heavy (non-hydrogen) atoms. The van der Waals surface area contributed by atoms with E-state index in [0.717, 1.165) is 22.8 Å². The van der Waals surface area contributed by atoms with E-state index in [-0.39, 0.29) is 5.41 Å². The van der Waals surface area contributed by atoms with E-state index in [2.05, 4.69) is 30.7 Å². The monoisotopic (exact) mass is 265 g/mol. The maximum absolute atomic E-state index is 9.96. The highest BCUT2D eigenvalue weighted by molar-refractivity contribution is 6.31. The van der Waals surface area contributed by atoms with Crippen molar-refractivity contribution in [3.05, 3.63) is 35.0 Å². The van der Waals surface area contributed by atoms with Gasteiger partial charge in [0.1, 0.15) is 5.82 Å². The van der Waals surface area contributed by atoms with Gasteiger partial charge in [-0.15, -0.1) is 0 Å². The van der Waals surface area contributed by atoms with Gasteiger partial charge < -0.3 is 10.1 Å². The summed E-state index contributed by atoms with van der Waals surface area (Å²) < 4.78 is 0. The van der Waals surface area contributed by atoms with Gasteiger partial charge in [-0.3, -0.25) is 0 Å². The molecule has 1 atom stereocenters. The minimum atomic E-state index is -0.541. The van der Waals surface area contributed by atoms with Crippen molar-refractivity contribution >= 4 is 22.6 Å². The number of hydrogen-bond acceptors (Lipinski definition) is 2. The van der Waals surface area contributed by atoms with E-state index in [1.165, 1.54) is 0 Å². The lowest BCUT2D eigenvalue weighted by molar-refractivity contribution is 0.172. The Bertz CT molecular complexity index is 554. The third-order valence-corrected chi connectivity index (χ3v) is 3.16. The lowest BCUT2D eigenvalue weighted by Crippen LogP contribution is -2.30. The van der Waals surface area contributed by atoms with E-state index in [0.29, 0.717) is 5.02 Å². The van der Waals surface area contributed by atoms with Crippen LogP contribution in [0.4, 0.5) is 0 Å². The molecule has 0 spiro atoms. The molecule has 0 unspecified atom stereocenters. The highest BCUT2D eigenvalue weighted by atomic mass is 35.5. The number of rotatable bonds is 2. The Labute approximate surface area is 112 Å². The second-order valence-corrected chi connectivity index (χ2v) is 6.02. The Morgan fingerprint density at radius 2 is 2.06 bits per heavy atom. The molecular formula is C14H18ClN2O. The first-order chi connectivity index (χ1) is 8.29. The van der Waals surface area contributed by atoms with Gasteiger partial charge in [-0.2, -0.15) is 0 Å². The van der Waals surface area contributed by atoms with E-state index < -0.39 is 6.10 Å². The van der Waals surface area contributed by atoms with Crippen LogP contribution in [0.1, 0.15) is 33.5 Å². The summed E-state index contributed by atoms with van der Waals surface area (Å²) in [5.41, 5.74) is 1.60. The van der Waals surface area contributed by atoms with Gasteiger partial charge in [0.25, 0.3) is 0 Å². The molecule has 0 aliphatic heterocycles. The van der Waals surface area contributed by atoms with Crippen LogP contribution in [-0.2, 0) is 0 Å². The molecule has 3 nitrogen and oxygen atoms in total. The van der Waals surface area contributed by atoms with Gasteiger partial charge in [-0.1, -0.05) is 32.4 Å². The third kappa shape index (κ3) is 2.52. The topological polar surface area (TPSA) is 48.9 Å². The van der Waals surface area contributed by atoms with Gasteiger partial charge in [0, 0.05) is 5.02 Å². The van der Waals surface area contributed by atoms with Crippen LogP contribution in [0.3, 0.4) is 0 Å². The predicted molar refractivity (Wildman–Crippen MR) is 74.6 cm³/mol. The highest BCUT2D eigenvalue weighted by Crippen LogP contribution is 2.36. The maximum Gasteiger partial charge on any atom is 0.117 e. The Balaban J connectivity index is 2.52. The summed E-state index contributed by atoms with van der Waals surface area (Å²) in [7, 11) is 0. The van der Waals surface area contributed by atoms with Gasteiger partial charge in [0.2, 0.25) is 0 Å². The van der Waals surface area contributed by atoms with Crippen LogP contribution in [0.2, 0.25) is 5.02 Å². The van der Waals surface area contributed by atoms with Gasteiger partial charge in [0.05, 0.1) is 23.1 Å². The Kier molecular flexibility index (Phi) is 3.39. The fraction of sp³-hybridized carbons (Fsp3) is 0.429. The molecule has 2 rings (SSSR count). The molecule has 1 heterocycles. The van der Waals surface area contributed by atoms with Crippen molar-refractivity contribution in [2.45, 2.75) is 33.8 Å². The first-order valence-electron chi connectivity index (χ1n) is 6.00. The lowest BCUT2D eigenvalue weighted by Gasteiger charge is -2.30. The van der Waals surface area contributed by atoms with E-state index in [9.17, 15) is 5.11 Å². The molecule has 1 aromatic carbocycles. The van der Waals surface area contributed by atoms with Crippen molar-refractivity contribution in [3.63, 3.8) is 0 Å². The van der Waals surface area contributed by atoms with Crippen molar-refractivity contribution in [1.82, 2.24) is 9.97 Å². The number of benzene rings is 1. The number of hydrogen-bond donors (Lipinski definition) is 2. The summed E-state index contributed by atoms with van der Waals surface area (Å²) in [6.45, 7) is 7.96. The zero-order valence-corrected chi connectivity index (χ0v) is 11.8. The normalized spacial score (nSPS) is 14.4. The van der Waals surface area contributed by atoms with Crippen molar-refractivity contribution in [2.24, 2.45) is 5.41 Å². The van der Waals surface area contributed by atoms with E-state index >= 15 is 0 Å². The molecule has 0 bridgehead atoms. The number of halogens is 1. The molecule has 0 aliphatic carbocycles. The molecule has 0 saturated carbocycles. The third-order valence-electron chi connectivity index (χ3n) is 2.92. The molecule has 0 amide bonds. The number of nitrogens with one attached hydrogen (secondary N) is 1. The van der Waals surface area contributed by atoms with Gasteiger partial charge in [-0.25, -0.2) is 4.98 Å². The lowest BCUT2D eigenvalue weighted by atomic mass is 9.77. The SMILES string of the molecule is C[C@@H](O)[C](c1nc2ccc(Cl)cc2[nH]1)C(C)(C)C. The minimum Gasteiger partial charge on any atom is -0.392 e. The molecule has 0 saturated heterocycles. The highest BCUT2D eigenvalue weighted by Gasteiger charge is 2.33. The van der Waals surface area contributed by atoms with Crippen LogP contribution in [0, 0.1) is 11.3 Å². The van der Waals surface area contributed by atoms with Crippen LogP contribution in [-0.4, -0.2) is 21.2 Å². The zero-order chi connectivity index (χ0) is 13.5. The molecule has 1 aromatic heterocycles. The number of aromatic nitrogens is 2. The Morgan fingerprint density at radius 3 is 2.61 bits per heavy atom. The average Bonchev–Trinajstić information content (AvgIpc) is 2.56. The standard InChI is InChI=1S/C14H18ClN2O/c1-8(18)12(14(2,3)4)13-16-10-6-5-9(15)7-11(10)17-13/h5-8,18H,1-4H3,(H,16,17)/t8-/m1/s1. The second kappa shape index (κ2) is 4.56. The smallest absolute Gasteiger partial charge is 0.117 e. The van der Waals surface area contributed by atoms with Gasteiger partial charge in [0.15, 0.2) is 0 Å². The van der Waals surface area contributed by atoms with Gasteiger partial charge in [-0.05, 0) is 30.5 Å². The van der Waals surface area contributed by atoms with Crippen LogP contribution >= 0.6 is 11.6 Å². The Morgan fingerprint density at radius 1 is 1.39 bits per heavy atom. The van der Waals surface area contributed by atoms with E-state index in [1.807, 2.05) is 18.2 Å². The number of aliphatic hydroxyl groups excluding tert-OH is 1. The fourth-order valence-corrected chi connectivity index (χ4v) is 2.46. The zero-order valence-electron chi connectivity index (χ0n) is 11.1. The van der Waals surface area contributed by atoms with Crippen LogP contribution < -0.4 is 0 Å². The number of aromatic amines is 1. The van der Waals surface area contributed by atoms with Crippen LogP contribution in [0.15, 0.2) is 18.2 Å². The fourth-order valence-electron chi connectivity index (χ4n) is 2.29. The van der Waals surface area contributed by atoms with Crippen molar-refractivity contribution in [3.8, 4) is 0 Å². The van der Waals surface area contributed by atoms with Crippen LogP contribution in [0.5, 0.6) is 0 Å². The van der Waals surface area contributed by atoms with Crippen molar-refractivity contribution in [1.29, 1.82) is 0 Å². The Hall–Kier alpha value is -1.06. The number of H-pyrrole nitrogens is 1. The number of fused-ring (bicyclic) bond motifs is 1.